The summed E-state index contributed by atoms with van der Waals surface area (Å²) < 4.78 is 11.5. The fourth-order valence-electron chi connectivity index (χ4n) is 4.23. The molecule has 1 unspecified atom stereocenters. The zero-order chi connectivity index (χ0) is 18.3. The molecule has 6 nitrogen and oxygen atoms in total. The fraction of sp³-hybridized carbons (Fsp3) is 0.600. The quantitative estimate of drug-likeness (QED) is 0.812. The van der Waals surface area contributed by atoms with Gasteiger partial charge in [0.1, 0.15) is 0 Å². The molecule has 3 fully saturated rings. The Labute approximate surface area is 154 Å². The summed E-state index contributed by atoms with van der Waals surface area (Å²) in [4.78, 5) is 29.2. The topological polar surface area (TPSA) is 59.1 Å². The van der Waals surface area contributed by atoms with Crippen LogP contribution in [0.15, 0.2) is 18.2 Å². The predicted octanol–water partition coefficient (Wildman–Crippen LogP) is 2.02. The Morgan fingerprint density at radius 1 is 1.15 bits per heavy atom. The molecule has 4 rings (SSSR count). The van der Waals surface area contributed by atoms with Crippen molar-refractivity contribution in [3.05, 3.63) is 29.3 Å². The van der Waals surface area contributed by atoms with E-state index in [2.05, 4.69) is 0 Å². The van der Waals surface area contributed by atoms with Crippen molar-refractivity contribution < 1.29 is 19.1 Å². The number of ether oxygens (including phenoxy) is 2. The van der Waals surface area contributed by atoms with Crippen LogP contribution in [-0.2, 0) is 19.1 Å². The highest BCUT2D eigenvalue weighted by Crippen LogP contribution is 2.34. The highest BCUT2D eigenvalue weighted by molar-refractivity contribution is 6.00. The van der Waals surface area contributed by atoms with Gasteiger partial charge in [-0.3, -0.25) is 9.59 Å². The first-order valence-corrected chi connectivity index (χ1v) is 9.42. The van der Waals surface area contributed by atoms with Gasteiger partial charge in [-0.2, -0.15) is 0 Å². The average molecular weight is 358 g/mol. The Morgan fingerprint density at radius 3 is 2.54 bits per heavy atom. The fourth-order valence-corrected chi connectivity index (χ4v) is 4.23. The summed E-state index contributed by atoms with van der Waals surface area (Å²) in [5, 5.41) is 0. The Bertz CT molecular complexity index is 717. The van der Waals surface area contributed by atoms with Crippen LogP contribution >= 0.6 is 0 Å². The van der Waals surface area contributed by atoms with E-state index in [1.165, 1.54) is 0 Å². The number of aryl methyl sites for hydroxylation is 2. The maximum atomic E-state index is 12.9. The summed E-state index contributed by atoms with van der Waals surface area (Å²) in [7, 11) is 0. The molecule has 1 atom stereocenters. The van der Waals surface area contributed by atoms with Crippen LogP contribution in [0.2, 0.25) is 0 Å². The summed E-state index contributed by atoms with van der Waals surface area (Å²) in [5.41, 5.74) is 3.11. The number of amides is 2. The van der Waals surface area contributed by atoms with Gasteiger partial charge in [0.15, 0.2) is 5.79 Å². The van der Waals surface area contributed by atoms with Gasteiger partial charge in [-0.15, -0.1) is 0 Å². The number of anilines is 1. The van der Waals surface area contributed by atoms with Gasteiger partial charge in [-0.05, 0) is 31.0 Å². The number of piperidine rings is 1. The van der Waals surface area contributed by atoms with Crippen LogP contribution in [0, 0.1) is 19.8 Å². The van der Waals surface area contributed by atoms with E-state index in [9.17, 15) is 9.59 Å². The Hall–Kier alpha value is -1.92. The van der Waals surface area contributed by atoms with Crippen LogP contribution in [0.5, 0.6) is 0 Å². The van der Waals surface area contributed by atoms with Gasteiger partial charge in [-0.25, -0.2) is 0 Å². The van der Waals surface area contributed by atoms with Crippen LogP contribution in [0.1, 0.15) is 30.4 Å². The maximum absolute atomic E-state index is 12.9. The molecule has 6 heteroatoms. The summed E-state index contributed by atoms with van der Waals surface area (Å²) in [5.74, 6) is -0.624. The second-order valence-corrected chi connectivity index (χ2v) is 7.63. The molecule has 140 valence electrons. The van der Waals surface area contributed by atoms with Gasteiger partial charge < -0.3 is 19.3 Å². The Balaban J connectivity index is 1.42. The van der Waals surface area contributed by atoms with E-state index in [1.54, 1.807) is 4.90 Å². The summed E-state index contributed by atoms with van der Waals surface area (Å²) in [6.07, 6.45) is 1.71. The van der Waals surface area contributed by atoms with Gasteiger partial charge >= 0.3 is 0 Å². The zero-order valence-electron chi connectivity index (χ0n) is 15.5. The standard InChI is InChI=1S/C20H26N2O4/c1-14-3-4-15(2)17(11-14)22-13-16(12-18(22)23)19(24)21-7-5-20(6-8-21)25-9-10-26-20/h3-4,11,16H,5-10,12-13H2,1-2H3. The van der Waals surface area contributed by atoms with Crippen LogP contribution in [0.3, 0.4) is 0 Å². The summed E-state index contributed by atoms with van der Waals surface area (Å²) in [6, 6.07) is 6.09. The van der Waals surface area contributed by atoms with Gasteiger partial charge in [0.25, 0.3) is 0 Å². The molecule has 3 saturated heterocycles. The maximum Gasteiger partial charge on any atom is 0.228 e. The molecule has 3 aliphatic heterocycles. The van der Waals surface area contributed by atoms with Crippen molar-refractivity contribution in [1.82, 2.24) is 4.90 Å². The lowest BCUT2D eigenvalue weighted by Crippen LogP contribution is -2.49. The van der Waals surface area contributed by atoms with E-state index in [-0.39, 0.29) is 17.7 Å². The number of carbonyl (C=O) groups is 2. The molecule has 0 aromatic heterocycles. The molecule has 1 aromatic carbocycles. The van der Waals surface area contributed by atoms with E-state index in [0.29, 0.717) is 52.1 Å². The third-order valence-electron chi connectivity index (χ3n) is 5.78. The smallest absolute Gasteiger partial charge is 0.228 e. The van der Waals surface area contributed by atoms with Crippen molar-refractivity contribution in [3.63, 3.8) is 0 Å². The third-order valence-corrected chi connectivity index (χ3v) is 5.78. The van der Waals surface area contributed by atoms with E-state index in [4.69, 9.17) is 9.47 Å². The highest BCUT2D eigenvalue weighted by Gasteiger charge is 2.43. The largest absolute Gasteiger partial charge is 0.347 e. The lowest BCUT2D eigenvalue weighted by molar-refractivity contribution is -0.188. The number of carbonyl (C=O) groups excluding carboxylic acids is 2. The minimum absolute atomic E-state index is 0.0352. The highest BCUT2D eigenvalue weighted by atomic mass is 16.7. The lowest BCUT2D eigenvalue weighted by Gasteiger charge is -2.38. The first-order valence-electron chi connectivity index (χ1n) is 9.42. The molecule has 1 spiro atoms. The average Bonchev–Trinajstić information content (AvgIpc) is 3.24. The number of nitrogens with zero attached hydrogens (tertiary/aromatic N) is 2. The Morgan fingerprint density at radius 2 is 1.85 bits per heavy atom. The van der Waals surface area contributed by atoms with Crippen molar-refractivity contribution in [1.29, 1.82) is 0 Å². The van der Waals surface area contributed by atoms with Crippen LogP contribution < -0.4 is 4.90 Å². The first kappa shape index (κ1) is 17.5. The predicted molar refractivity (Wildman–Crippen MR) is 96.8 cm³/mol. The van der Waals surface area contributed by atoms with E-state index in [1.807, 2.05) is 36.9 Å². The van der Waals surface area contributed by atoms with Crippen molar-refractivity contribution in [2.24, 2.45) is 5.92 Å². The van der Waals surface area contributed by atoms with Crippen molar-refractivity contribution in [2.45, 2.75) is 38.9 Å². The van der Waals surface area contributed by atoms with Crippen molar-refractivity contribution in [2.75, 3.05) is 37.7 Å². The molecule has 0 radical (unpaired) electrons. The van der Waals surface area contributed by atoms with Gasteiger partial charge in [0.05, 0.1) is 19.1 Å². The third kappa shape index (κ3) is 3.12. The molecule has 3 heterocycles. The molecular weight excluding hydrogens is 332 g/mol. The molecule has 0 aliphatic carbocycles. The number of hydrogen-bond donors (Lipinski definition) is 0. The van der Waals surface area contributed by atoms with Gasteiger partial charge in [0.2, 0.25) is 11.8 Å². The van der Waals surface area contributed by atoms with Crippen molar-refractivity contribution in [3.8, 4) is 0 Å². The molecule has 1 aromatic rings. The van der Waals surface area contributed by atoms with Crippen LogP contribution in [0.4, 0.5) is 5.69 Å². The summed E-state index contributed by atoms with van der Waals surface area (Å²) in [6.45, 7) is 7.02. The Kier molecular flexibility index (Phi) is 4.49. The molecule has 0 bridgehead atoms. The normalized spacial score (nSPS) is 25.3. The summed E-state index contributed by atoms with van der Waals surface area (Å²) >= 11 is 0. The van der Waals surface area contributed by atoms with Crippen LogP contribution in [0.25, 0.3) is 0 Å². The van der Waals surface area contributed by atoms with Gasteiger partial charge in [0, 0.05) is 44.6 Å². The second-order valence-electron chi connectivity index (χ2n) is 7.63. The number of benzene rings is 1. The van der Waals surface area contributed by atoms with Crippen molar-refractivity contribution >= 4 is 17.5 Å². The molecule has 2 amide bonds. The SMILES string of the molecule is Cc1ccc(C)c(N2CC(C(=O)N3CCC4(CC3)OCCO4)CC2=O)c1. The zero-order valence-corrected chi connectivity index (χ0v) is 15.5. The second kappa shape index (κ2) is 6.67. The number of rotatable bonds is 2. The molecular formula is C20H26N2O4. The molecule has 3 aliphatic rings. The van der Waals surface area contributed by atoms with Crippen LogP contribution in [-0.4, -0.2) is 55.3 Å². The first-order chi connectivity index (χ1) is 12.5. The van der Waals surface area contributed by atoms with E-state index in [0.717, 1.165) is 16.8 Å². The van der Waals surface area contributed by atoms with E-state index < -0.39 is 5.79 Å². The minimum Gasteiger partial charge on any atom is -0.347 e. The molecule has 0 N–H and O–H groups in total. The van der Waals surface area contributed by atoms with E-state index >= 15 is 0 Å². The lowest BCUT2D eigenvalue weighted by atomic mass is 10.0. The number of hydrogen-bond acceptors (Lipinski definition) is 4. The van der Waals surface area contributed by atoms with Gasteiger partial charge in [-0.1, -0.05) is 12.1 Å². The monoisotopic (exact) mass is 358 g/mol. The molecule has 26 heavy (non-hydrogen) atoms. The molecule has 0 saturated carbocycles. The minimum atomic E-state index is -0.479. The number of likely N-dealkylation sites (tertiary alicyclic amines) is 1.